The lowest BCUT2D eigenvalue weighted by Gasteiger charge is -2.19. The summed E-state index contributed by atoms with van der Waals surface area (Å²) in [7, 11) is -1.83. The molecule has 0 saturated heterocycles. The van der Waals surface area contributed by atoms with Gasteiger partial charge in [-0.25, -0.2) is 8.42 Å². The number of sulfonamides is 1. The molecular formula is C14H16N2O2S. The molecule has 0 unspecified atom stereocenters. The molecule has 4 nitrogen and oxygen atoms in total. The Morgan fingerprint density at radius 1 is 1.00 bits per heavy atom. The Labute approximate surface area is 113 Å². The Kier molecular flexibility index (Phi) is 3.76. The van der Waals surface area contributed by atoms with Crippen molar-refractivity contribution in [1.29, 1.82) is 0 Å². The molecule has 2 aromatic rings. The van der Waals surface area contributed by atoms with Crippen LogP contribution in [0.1, 0.15) is 5.56 Å². The van der Waals surface area contributed by atoms with E-state index in [0.29, 0.717) is 11.4 Å². The van der Waals surface area contributed by atoms with Crippen LogP contribution in [0.15, 0.2) is 54.6 Å². The highest BCUT2D eigenvalue weighted by molar-refractivity contribution is 7.92. The fraction of sp³-hybridized carbons (Fsp3) is 0.143. The standard InChI is InChI=1S/C14H16N2O2S/c1-16(14-5-3-2-4-6-14)19(17,18)11-12-7-9-13(15)10-8-12/h2-10H,11,15H2,1H3. The molecule has 0 spiro atoms. The summed E-state index contributed by atoms with van der Waals surface area (Å²) in [6, 6.07) is 15.9. The van der Waals surface area contributed by atoms with Crippen LogP contribution in [0.3, 0.4) is 0 Å². The maximum atomic E-state index is 12.3. The van der Waals surface area contributed by atoms with Crippen molar-refractivity contribution in [1.82, 2.24) is 0 Å². The van der Waals surface area contributed by atoms with Crippen molar-refractivity contribution in [2.45, 2.75) is 5.75 Å². The molecule has 0 atom stereocenters. The van der Waals surface area contributed by atoms with Crippen LogP contribution in [-0.4, -0.2) is 15.5 Å². The zero-order valence-corrected chi connectivity index (χ0v) is 11.5. The molecule has 0 amide bonds. The Hall–Kier alpha value is -2.01. The Bertz CT molecular complexity index is 637. The van der Waals surface area contributed by atoms with Crippen molar-refractivity contribution >= 4 is 21.4 Å². The second-order valence-corrected chi connectivity index (χ2v) is 6.30. The van der Waals surface area contributed by atoms with Crippen LogP contribution < -0.4 is 10.0 Å². The number of hydrogen-bond acceptors (Lipinski definition) is 3. The van der Waals surface area contributed by atoms with E-state index >= 15 is 0 Å². The topological polar surface area (TPSA) is 63.4 Å². The molecule has 0 heterocycles. The summed E-state index contributed by atoms with van der Waals surface area (Å²) in [5.41, 5.74) is 7.57. The van der Waals surface area contributed by atoms with Crippen molar-refractivity contribution in [2.24, 2.45) is 0 Å². The van der Waals surface area contributed by atoms with Crippen molar-refractivity contribution in [3.8, 4) is 0 Å². The Balaban J connectivity index is 2.21. The van der Waals surface area contributed by atoms with Gasteiger partial charge in [-0.05, 0) is 29.8 Å². The van der Waals surface area contributed by atoms with Crippen LogP contribution in [-0.2, 0) is 15.8 Å². The SMILES string of the molecule is CN(c1ccccc1)S(=O)(=O)Cc1ccc(N)cc1. The first-order chi connectivity index (χ1) is 8.99. The summed E-state index contributed by atoms with van der Waals surface area (Å²) in [6.45, 7) is 0. The molecule has 0 aliphatic rings. The van der Waals surface area contributed by atoms with Crippen LogP contribution in [0.2, 0.25) is 0 Å². The van der Waals surface area contributed by atoms with Gasteiger partial charge in [-0.3, -0.25) is 4.31 Å². The zero-order chi connectivity index (χ0) is 13.9. The highest BCUT2D eigenvalue weighted by atomic mass is 32.2. The van der Waals surface area contributed by atoms with Gasteiger partial charge < -0.3 is 5.73 Å². The molecule has 0 fully saturated rings. The summed E-state index contributed by atoms with van der Waals surface area (Å²) in [5.74, 6) is -0.0430. The van der Waals surface area contributed by atoms with E-state index < -0.39 is 10.0 Å². The van der Waals surface area contributed by atoms with Gasteiger partial charge in [0.2, 0.25) is 10.0 Å². The van der Waals surface area contributed by atoms with E-state index in [1.165, 1.54) is 4.31 Å². The average molecular weight is 276 g/mol. The van der Waals surface area contributed by atoms with Crippen molar-refractivity contribution < 1.29 is 8.42 Å². The van der Waals surface area contributed by atoms with Gasteiger partial charge in [0.25, 0.3) is 0 Å². The second-order valence-electron chi connectivity index (χ2n) is 4.30. The van der Waals surface area contributed by atoms with Gasteiger partial charge in [0.1, 0.15) is 0 Å². The molecule has 19 heavy (non-hydrogen) atoms. The monoisotopic (exact) mass is 276 g/mol. The maximum Gasteiger partial charge on any atom is 0.239 e. The highest BCUT2D eigenvalue weighted by Gasteiger charge is 2.18. The Morgan fingerprint density at radius 2 is 1.58 bits per heavy atom. The van der Waals surface area contributed by atoms with Crippen LogP contribution >= 0.6 is 0 Å². The van der Waals surface area contributed by atoms with Crippen LogP contribution in [0.5, 0.6) is 0 Å². The van der Waals surface area contributed by atoms with E-state index in [4.69, 9.17) is 5.73 Å². The fourth-order valence-electron chi connectivity index (χ4n) is 1.72. The van der Waals surface area contributed by atoms with Crippen molar-refractivity contribution in [2.75, 3.05) is 17.1 Å². The number of hydrogen-bond donors (Lipinski definition) is 1. The minimum atomic E-state index is -3.39. The minimum absolute atomic E-state index is 0.0430. The van der Waals surface area contributed by atoms with Gasteiger partial charge >= 0.3 is 0 Å². The van der Waals surface area contributed by atoms with Crippen LogP contribution in [0, 0.1) is 0 Å². The summed E-state index contributed by atoms with van der Waals surface area (Å²) in [5, 5.41) is 0. The average Bonchev–Trinajstić information content (AvgIpc) is 2.41. The first-order valence-electron chi connectivity index (χ1n) is 5.85. The second kappa shape index (κ2) is 5.32. The highest BCUT2D eigenvalue weighted by Crippen LogP contribution is 2.18. The van der Waals surface area contributed by atoms with E-state index in [1.807, 2.05) is 18.2 Å². The molecule has 0 aliphatic carbocycles. The lowest BCUT2D eigenvalue weighted by molar-refractivity contribution is 0.593. The first kappa shape index (κ1) is 13.4. The van der Waals surface area contributed by atoms with Crippen molar-refractivity contribution in [3.63, 3.8) is 0 Å². The zero-order valence-electron chi connectivity index (χ0n) is 10.7. The molecular weight excluding hydrogens is 260 g/mol. The third kappa shape index (κ3) is 3.26. The van der Waals surface area contributed by atoms with E-state index in [0.717, 1.165) is 5.56 Å². The van der Waals surface area contributed by atoms with E-state index in [1.54, 1.807) is 43.4 Å². The summed E-state index contributed by atoms with van der Waals surface area (Å²) < 4.78 is 25.9. The number of nitrogen functional groups attached to an aromatic ring is 1. The third-order valence-electron chi connectivity index (χ3n) is 2.87. The number of benzene rings is 2. The molecule has 0 bridgehead atoms. The lowest BCUT2D eigenvalue weighted by Crippen LogP contribution is -2.27. The maximum absolute atomic E-state index is 12.3. The van der Waals surface area contributed by atoms with E-state index in [9.17, 15) is 8.42 Å². The molecule has 2 rings (SSSR count). The number of rotatable bonds is 4. The van der Waals surface area contributed by atoms with Gasteiger partial charge in [-0.1, -0.05) is 30.3 Å². The predicted octanol–water partition coefficient (Wildman–Crippen LogP) is 2.24. The van der Waals surface area contributed by atoms with Crippen LogP contribution in [0.4, 0.5) is 11.4 Å². The van der Waals surface area contributed by atoms with Gasteiger partial charge in [-0.15, -0.1) is 0 Å². The van der Waals surface area contributed by atoms with Gasteiger partial charge in [0.05, 0.1) is 11.4 Å². The first-order valence-corrected chi connectivity index (χ1v) is 7.46. The molecule has 0 aliphatic heterocycles. The molecule has 2 aromatic carbocycles. The lowest BCUT2D eigenvalue weighted by atomic mass is 10.2. The normalized spacial score (nSPS) is 11.2. The minimum Gasteiger partial charge on any atom is -0.399 e. The third-order valence-corrected chi connectivity index (χ3v) is 4.61. The largest absolute Gasteiger partial charge is 0.399 e. The molecule has 2 N–H and O–H groups in total. The predicted molar refractivity (Wildman–Crippen MR) is 78.3 cm³/mol. The molecule has 5 heteroatoms. The number of nitrogens with zero attached hydrogens (tertiary/aromatic N) is 1. The molecule has 0 radical (unpaired) electrons. The molecule has 100 valence electrons. The fourth-order valence-corrected chi connectivity index (χ4v) is 2.97. The molecule has 0 aromatic heterocycles. The van der Waals surface area contributed by atoms with E-state index in [2.05, 4.69) is 0 Å². The quantitative estimate of drug-likeness (QED) is 0.871. The summed E-state index contributed by atoms with van der Waals surface area (Å²) in [4.78, 5) is 0. The Morgan fingerprint density at radius 3 is 2.16 bits per heavy atom. The number of para-hydroxylation sites is 1. The van der Waals surface area contributed by atoms with Gasteiger partial charge in [0.15, 0.2) is 0 Å². The number of anilines is 2. The van der Waals surface area contributed by atoms with E-state index in [-0.39, 0.29) is 5.75 Å². The summed E-state index contributed by atoms with van der Waals surface area (Å²) in [6.07, 6.45) is 0. The number of nitrogens with two attached hydrogens (primary N) is 1. The van der Waals surface area contributed by atoms with Gasteiger partial charge in [0, 0.05) is 12.7 Å². The van der Waals surface area contributed by atoms with Crippen LogP contribution in [0.25, 0.3) is 0 Å². The summed E-state index contributed by atoms with van der Waals surface area (Å²) >= 11 is 0. The smallest absolute Gasteiger partial charge is 0.239 e. The van der Waals surface area contributed by atoms with Gasteiger partial charge in [-0.2, -0.15) is 0 Å². The van der Waals surface area contributed by atoms with Crippen molar-refractivity contribution in [3.05, 3.63) is 60.2 Å². The molecule has 0 saturated carbocycles.